The summed E-state index contributed by atoms with van der Waals surface area (Å²) in [4.78, 5) is 19.6. The van der Waals surface area contributed by atoms with Crippen molar-refractivity contribution < 1.29 is 4.79 Å². The molecule has 1 aliphatic heterocycles. The maximum atomic E-state index is 13.3. The van der Waals surface area contributed by atoms with Gasteiger partial charge in [-0.05, 0) is 45.0 Å². The van der Waals surface area contributed by atoms with Gasteiger partial charge in [-0.3, -0.25) is 9.69 Å². The molecule has 0 aliphatic carbocycles. The molecular weight excluding hydrogens is 400 g/mol. The van der Waals surface area contributed by atoms with E-state index in [9.17, 15) is 4.79 Å². The standard InChI is InChI=1S/C25H32N6O/c1-18-10-11-23(19(2)16-18)31-27-20(3)24(28-31)25(32)26-22(21-8-6-5-7-9-21)17-30-14-12-29(4)13-15-30/h5-11,16,22H,12-15,17H2,1-4H3,(H,26,32). The van der Waals surface area contributed by atoms with Crippen molar-refractivity contribution in [2.24, 2.45) is 0 Å². The fourth-order valence-corrected chi connectivity index (χ4v) is 4.16. The number of benzene rings is 2. The van der Waals surface area contributed by atoms with Gasteiger partial charge in [0.05, 0.1) is 17.4 Å². The van der Waals surface area contributed by atoms with Crippen LogP contribution < -0.4 is 5.32 Å². The Labute approximate surface area is 190 Å². The Balaban J connectivity index is 1.55. The van der Waals surface area contributed by atoms with E-state index in [1.54, 1.807) is 4.80 Å². The van der Waals surface area contributed by atoms with Gasteiger partial charge in [-0.15, -0.1) is 5.10 Å². The molecule has 7 heteroatoms. The van der Waals surface area contributed by atoms with Crippen LogP contribution in [0.25, 0.3) is 5.69 Å². The monoisotopic (exact) mass is 432 g/mol. The summed E-state index contributed by atoms with van der Waals surface area (Å²) >= 11 is 0. The molecular formula is C25H32N6O. The molecule has 4 rings (SSSR count). The number of likely N-dealkylation sites (N-methyl/N-ethyl adjacent to an activating group) is 1. The normalized spacial score (nSPS) is 16.1. The van der Waals surface area contributed by atoms with E-state index in [0.29, 0.717) is 11.4 Å². The summed E-state index contributed by atoms with van der Waals surface area (Å²) < 4.78 is 0. The molecule has 2 heterocycles. The van der Waals surface area contributed by atoms with Gasteiger partial charge in [0, 0.05) is 32.7 Å². The van der Waals surface area contributed by atoms with Crippen molar-refractivity contribution in [1.82, 2.24) is 30.1 Å². The Bertz CT molecular complexity index is 1070. The van der Waals surface area contributed by atoms with Crippen molar-refractivity contribution in [2.45, 2.75) is 26.8 Å². The predicted molar refractivity (Wildman–Crippen MR) is 126 cm³/mol. The first-order valence-corrected chi connectivity index (χ1v) is 11.2. The smallest absolute Gasteiger partial charge is 0.274 e. The summed E-state index contributed by atoms with van der Waals surface area (Å²) in [7, 11) is 2.15. The van der Waals surface area contributed by atoms with E-state index in [-0.39, 0.29) is 11.9 Å². The van der Waals surface area contributed by atoms with Gasteiger partial charge in [-0.2, -0.15) is 9.90 Å². The fraction of sp³-hybridized carbons (Fsp3) is 0.400. The molecule has 1 aromatic heterocycles. The van der Waals surface area contributed by atoms with E-state index in [4.69, 9.17) is 0 Å². The van der Waals surface area contributed by atoms with E-state index in [1.165, 1.54) is 5.56 Å². The molecule has 1 unspecified atom stereocenters. The number of rotatable bonds is 6. The molecule has 1 N–H and O–H groups in total. The van der Waals surface area contributed by atoms with Gasteiger partial charge in [0.15, 0.2) is 5.69 Å². The highest BCUT2D eigenvalue weighted by molar-refractivity contribution is 5.93. The van der Waals surface area contributed by atoms with Crippen LogP contribution in [-0.2, 0) is 0 Å². The van der Waals surface area contributed by atoms with Crippen molar-refractivity contribution in [2.75, 3.05) is 39.8 Å². The third kappa shape index (κ3) is 5.06. The summed E-state index contributed by atoms with van der Waals surface area (Å²) in [5.74, 6) is -0.193. The van der Waals surface area contributed by atoms with E-state index >= 15 is 0 Å². The number of piperazine rings is 1. The Kier molecular flexibility index (Phi) is 6.67. The first kappa shape index (κ1) is 22.2. The number of nitrogens with one attached hydrogen (secondary N) is 1. The van der Waals surface area contributed by atoms with Crippen LogP contribution >= 0.6 is 0 Å². The first-order valence-electron chi connectivity index (χ1n) is 11.2. The number of nitrogens with zero attached hydrogens (tertiary/aromatic N) is 5. The van der Waals surface area contributed by atoms with Crippen LogP contribution in [0.1, 0.15) is 38.9 Å². The van der Waals surface area contributed by atoms with Crippen LogP contribution in [0.5, 0.6) is 0 Å². The quantitative estimate of drug-likeness (QED) is 0.649. The minimum Gasteiger partial charge on any atom is -0.342 e. The van der Waals surface area contributed by atoms with Gasteiger partial charge in [-0.1, -0.05) is 48.0 Å². The zero-order valence-electron chi connectivity index (χ0n) is 19.4. The maximum absolute atomic E-state index is 13.3. The number of amides is 1. The molecule has 1 fully saturated rings. The third-order valence-corrected chi connectivity index (χ3v) is 6.11. The zero-order chi connectivity index (χ0) is 22.7. The summed E-state index contributed by atoms with van der Waals surface area (Å²) in [6.07, 6.45) is 0. The summed E-state index contributed by atoms with van der Waals surface area (Å²) in [5, 5.41) is 12.3. The molecule has 1 aliphatic rings. The average Bonchev–Trinajstić information content (AvgIpc) is 3.16. The number of carbonyl (C=O) groups is 1. The van der Waals surface area contributed by atoms with Crippen molar-refractivity contribution in [1.29, 1.82) is 0 Å². The third-order valence-electron chi connectivity index (χ3n) is 6.11. The minimum absolute atomic E-state index is 0.113. The predicted octanol–water partition coefficient (Wildman–Crippen LogP) is 2.91. The summed E-state index contributed by atoms with van der Waals surface area (Å²) in [6, 6.07) is 16.2. The average molecular weight is 433 g/mol. The summed E-state index contributed by atoms with van der Waals surface area (Å²) in [6.45, 7) is 10.8. The molecule has 0 bridgehead atoms. The lowest BCUT2D eigenvalue weighted by atomic mass is 10.1. The van der Waals surface area contributed by atoms with Gasteiger partial charge in [-0.25, -0.2) is 0 Å². The highest BCUT2D eigenvalue weighted by Crippen LogP contribution is 2.18. The highest BCUT2D eigenvalue weighted by atomic mass is 16.2. The molecule has 32 heavy (non-hydrogen) atoms. The molecule has 3 aromatic rings. The zero-order valence-corrected chi connectivity index (χ0v) is 19.4. The lowest BCUT2D eigenvalue weighted by Gasteiger charge is -2.35. The molecule has 1 amide bonds. The lowest BCUT2D eigenvalue weighted by Crippen LogP contribution is -2.47. The van der Waals surface area contributed by atoms with E-state index in [0.717, 1.165) is 49.5 Å². The Morgan fingerprint density at radius 3 is 2.41 bits per heavy atom. The van der Waals surface area contributed by atoms with Gasteiger partial charge < -0.3 is 10.2 Å². The maximum Gasteiger partial charge on any atom is 0.274 e. The summed E-state index contributed by atoms with van der Waals surface area (Å²) in [5.41, 5.74) is 5.22. The topological polar surface area (TPSA) is 66.3 Å². The van der Waals surface area contributed by atoms with E-state index in [1.807, 2.05) is 44.2 Å². The van der Waals surface area contributed by atoms with Gasteiger partial charge in [0.25, 0.3) is 5.91 Å². The Morgan fingerprint density at radius 2 is 1.72 bits per heavy atom. The van der Waals surface area contributed by atoms with Crippen LogP contribution in [0, 0.1) is 20.8 Å². The van der Waals surface area contributed by atoms with Crippen LogP contribution in [-0.4, -0.2) is 70.5 Å². The van der Waals surface area contributed by atoms with Crippen molar-refractivity contribution in [3.8, 4) is 5.69 Å². The minimum atomic E-state index is -0.193. The number of aromatic nitrogens is 3. The van der Waals surface area contributed by atoms with Crippen molar-refractivity contribution in [3.05, 3.63) is 76.6 Å². The molecule has 0 saturated carbocycles. The number of aryl methyl sites for hydroxylation is 3. The molecule has 7 nitrogen and oxygen atoms in total. The van der Waals surface area contributed by atoms with Crippen LogP contribution in [0.4, 0.5) is 0 Å². The van der Waals surface area contributed by atoms with E-state index < -0.39 is 0 Å². The first-order chi connectivity index (χ1) is 15.4. The Hall–Kier alpha value is -3.03. The van der Waals surface area contributed by atoms with E-state index in [2.05, 4.69) is 57.5 Å². The number of hydrogen-bond acceptors (Lipinski definition) is 5. The number of carbonyl (C=O) groups excluding carboxylic acids is 1. The van der Waals surface area contributed by atoms with Crippen molar-refractivity contribution >= 4 is 5.91 Å². The Morgan fingerprint density at radius 1 is 1.00 bits per heavy atom. The second-order valence-corrected chi connectivity index (χ2v) is 8.75. The molecule has 0 spiro atoms. The second kappa shape index (κ2) is 9.63. The second-order valence-electron chi connectivity index (χ2n) is 8.75. The van der Waals surface area contributed by atoms with Crippen LogP contribution in [0.3, 0.4) is 0 Å². The molecule has 0 radical (unpaired) electrons. The lowest BCUT2D eigenvalue weighted by molar-refractivity contribution is 0.0901. The van der Waals surface area contributed by atoms with Gasteiger partial charge in [0.2, 0.25) is 0 Å². The SMILES string of the molecule is Cc1ccc(-n2nc(C)c(C(=O)NC(CN3CCN(C)CC3)c3ccccc3)n2)c(C)c1. The van der Waals surface area contributed by atoms with Gasteiger partial charge >= 0.3 is 0 Å². The fourth-order valence-electron chi connectivity index (χ4n) is 4.16. The molecule has 2 aromatic carbocycles. The van der Waals surface area contributed by atoms with Crippen molar-refractivity contribution in [3.63, 3.8) is 0 Å². The molecule has 1 saturated heterocycles. The molecule has 1 atom stereocenters. The highest BCUT2D eigenvalue weighted by Gasteiger charge is 2.24. The van der Waals surface area contributed by atoms with Crippen LogP contribution in [0.2, 0.25) is 0 Å². The largest absolute Gasteiger partial charge is 0.342 e. The van der Waals surface area contributed by atoms with Gasteiger partial charge in [0.1, 0.15) is 0 Å². The molecule has 168 valence electrons. The number of hydrogen-bond donors (Lipinski definition) is 1. The van der Waals surface area contributed by atoms with Crippen LogP contribution in [0.15, 0.2) is 48.5 Å².